The topological polar surface area (TPSA) is 97.6 Å². The highest BCUT2D eigenvalue weighted by Crippen LogP contribution is 2.26. The fourth-order valence-corrected chi connectivity index (χ4v) is 3.63. The number of anilines is 1. The molecule has 3 N–H and O–H groups in total. The third-order valence-electron chi connectivity index (χ3n) is 5.70. The second-order valence-electron chi connectivity index (χ2n) is 8.77. The molecular formula is C25H32N4O3. The second-order valence-corrected chi connectivity index (χ2v) is 8.77. The van der Waals surface area contributed by atoms with Crippen LogP contribution in [0.5, 0.6) is 0 Å². The molecule has 0 saturated carbocycles. The zero-order valence-corrected chi connectivity index (χ0v) is 19.1. The molecule has 2 aromatic rings. The SMILES string of the molecule is C/C(=C(/C#N)C(=O)NC(C)(C)CO)c1ccc2cc(NCCN3CCOCC3)ccc2c1. The summed E-state index contributed by atoms with van der Waals surface area (Å²) in [6.45, 7) is 10.4. The Kier molecular flexibility index (Phi) is 7.86. The number of aliphatic hydroxyl groups excluding tert-OH is 1. The monoisotopic (exact) mass is 436 g/mol. The van der Waals surface area contributed by atoms with Crippen LogP contribution in [-0.2, 0) is 9.53 Å². The Morgan fingerprint density at radius 3 is 2.56 bits per heavy atom. The molecule has 0 atom stereocenters. The van der Waals surface area contributed by atoms with Gasteiger partial charge in [-0.05, 0) is 60.9 Å². The van der Waals surface area contributed by atoms with Gasteiger partial charge < -0.3 is 20.5 Å². The van der Waals surface area contributed by atoms with Gasteiger partial charge in [-0.3, -0.25) is 9.69 Å². The summed E-state index contributed by atoms with van der Waals surface area (Å²) < 4.78 is 5.38. The van der Waals surface area contributed by atoms with Crippen molar-refractivity contribution in [3.05, 3.63) is 47.5 Å². The lowest BCUT2D eigenvalue weighted by molar-refractivity contribution is -0.119. The average Bonchev–Trinajstić information content (AvgIpc) is 2.79. The highest BCUT2D eigenvalue weighted by Gasteiger charge is 2.23. The van der Waals surface area contributed by atoms with Gasteiger partial charge in [-0.2, -0.15) is 5.26 Å². The van der Waals surface area contributed by atoms with E-state index in [-0.39, 0.29) is 12.2 Å². The van der Waals surface area contributed by atoms with Gasteiger partial charge in [0.1, 0.15) is 11.6 Å². The van der Waals surface area contributed by atoms with Gasteiger partial charge in [0.25, 0.3) is 5.91 Å². The molecule has 1 fully saturated rings. The maximum Gasteiger partial charge on any atom is 0.262 e. The van der Waals surface area contributed by atoms with Gasteiger partial charge >= 0.3 is 0 Å². The van der Waals surface area contributed by atoms with Crippen LogP contribution >= 0.6 is 0 Å². The van der Waals surface area contributed by atoms with Gasteiger partial charge in [0.05, 0.1) is 25.4 Å². The Morgan fingerprint density at radius 2 is 1.88 bits per heavy atom. The summed E-state index contributed by atoms with van der Waals surface area (Å²) in [7, 11) is 0. The molecule has 1 amide bonds. The number of hydrogen-bond donors (Lipinski definition) is 3. The van der Waals surface area contributed by atoms with Crippen molar-refractivity contribution in [3.63, 3.8) is 0 Å². The molecule has 32 heavy (non-hydrogen) atoms. The number of fused-ring (bicyclic) bond motifs is 1. The lowest BCUT2D eigenvalue weighted by Gasteiger charge is -2.26. The van der Waals surface area contributed by atoms with Gasteiger partial charge in [-0.25, -0.2) is 0 Å². The van der Waals surface area contributed by atoms with Crippen LogP contribution in [0.4, 0.5) is 5.69 Å². The van der Waals surface area contributed by atoms with E-state index in [0.29, 0.717) is 5.57 Å². The minimum absolute atomic E-state index is 0.0484. The zero-order valence-electron chi connectivity index (χ0n) is 19.1. The van der Waals surface area contributed by atoms with E-state index in [1.807, 2.05) is 36.4 Å². The molecule has 2 aromatic carbocycles. The number of ether oxygens (including phenoxy) is 1. The standard InChI is InChI=1S/C25H32N4O3/c1-18(23(16-26)24(31)28-25(2,3)17-30)19-4-5-21-15-22(7-6-20(21)14-19)27-8-9-29-10-12-32-13-11-29/h4-7,14-15,27,30H,8-13,17H2,1-3H3,(H,28,31)/b23-18+. The van der Waals surface area contributed by atoms with Crippen molar-refractivity contribution < 1.29 is 14.6 Å². The quantitative estimate of drug-likeness (QED) is 0.435. The number of carbonyl (C=O) groups is 1. The first-order chi connectivity index (χ1) is 15.3. The van der Waals surface area contributed by atoms with Gasteiger partial charge in [-0.15, -0.1) is 0 Å². The van der Waals surface area contributed by atoms with Crippen molar-refractivity contribution in [2.75, 3.05) is 51.3 Å². The van der Waals surface area contributed by atoms with E-state index in [4.69, 9.17) is 4.74 Å². The summed E-state index contributed by atoms with van der Waals surface area (Å²) in [5, 5.41) is 27.3. The van der Waals surface area contributed by atoms with Crippen LogP contribution in [0.2, 0.25) is 0 Å². The summed E-state index contributed by atoms with van der Waals surface area (Å²) >= 11 is 0. The fraction of sp³-hybridized carbons (Fsp3) is 0.440. The third kappa shape index (κ3) is 6.07. The number of hydrogen-bond acceptors (Lipinski definition) is 6. The lowest BCUT2D eigenvalue weighted by Crippen LogP contribution is -2.46. The predicted octanol–water partition coefficient (Wildman–Crippen LogP) is 2.77. The smallest absolute Gasteiger partial charge is 0.262 e. The Bertz CT molecular complexity index is 1030. The summed E-state index contributed by atoms with van der Waals surface area (Å²) in [4.78, 5) is 15.0. The van der Waals surface area contributed by atoms with Crippen molar-refractivity contribution >= 4 is 27.9 Å². The predicted molar refractivity (Wildman–Crippen MR) is 127 cm³/mol. The summed E-state index contributed by atoms with van der Waals surface area (Å²) in [5.74, 6) is -0.482. The van der Waals surface area contributed by atoms with Crippen LogP contribution in [0.1, 0.15) is 26.3 Å². The number of rotatable bonds is 8. The molecule has 1 aliphatic heterocycles. The number of amides is 1. The van der Waals surface area contributed by atoms with E-state index >= 15 is 0 Å². The van der Waals surface area contributed by atoms with Crippen LogP contribution in [0.25, 0.3) is 16.3 Å². The van der Waals surface area contributed by atoms with E-state index in [2.05, 4.69) is 21.6 Å². The molecule has 0 unspecified atom stereocenters. The number of morpholine rings is 1. The summed E-state index contributed by atoms with van der Waals surface area (Å²) in [6.07, 6.45) is 0. The number of benzene rings is 2. The molecule has 0 spiro atoms. The minimum atomic E-state index is -0.798. The van der Waals surface area contributed by atoms with Crippen molar-refractivity contribution in [1.29, 1.82) is 5.26 Å². The Balaban J connectivity index is 1.72. The third-order valence-corrected chi connectivity index (χ3v) is 5.70. The molecule has 0 bridgehead atoms. The van der Waals surface area contributed by atoms with Crippen LogP contribution in [0.3, 0.4) is 0 Å². The van der Waals surface area contributed by atoms with E-state index in [0.717, 1.165) is 61.4 Å². The average molecular weight is 437 g/mol. The Morgan fingerprint density at radius 1 is 1.19 bits per heavy atom. The molecule has 7 heteroatoms. The van der Waals surface area contributed by atoms with Gasteiger partial charge in [-0.1, -0.05) is 18.2 Å². The molecule has 1 heterocycles. The van der Waals surface area contributed by atoms with E-state index in [9.17, 15) is 15.2 Å². The van der Waals surface area contributed by atoms with E-state index < -0.39 is 11.4 Å². The van der Waals surface area contributed by atoms with E-state index in [1.54, 1.807) is 20.8 Å². The molecule has 0 aromatic heterocycles. The minimum Gasteiger partial charge on any atom is -0.394 e. The first-order valence-corrected chi connectivity index (χ1v) is 11.0. The van der Waals surface area contributed by atoms with Crippen LogP contribution in [0.15, 0.2) is 42.0 Å². The Hall–Kier alpha value is -2.92. The number of allylic oxidation sites excluding steroid dienone is 1. The van der Waals surface area contributed by atoms with Crippen molar-refractivity contribution in [2.45, 2.75) is 26.3 Å². The van der Waals surface area contributed by atoms with Crippen LogP contribution in [0, 0.1) is 11.3 Å². The molecule has 7 nitrogen and oxygen atoms in total. The number of carbonyl (C=O) groups excluding carboxylic acids is 1. The highest BCUT2D eigenvalue weighted by molar-refractivity contribution is 6.05. The van der Waals surface area contributed by atoms with Crippen molar-refractivity contribution in [1.82, 2.24) is 10.2 Å². The number of nitrogens with one attached hydrogen (secondary N) is 2. The largest absolute Gasteiger partial charge is 0.394 e. The molecule has 170 valence electrons. The molecule has 0 radical (unpaired) electrons. The molecule has 1 aliphatic rings. The molecule has 1 saturated heterocycles. The summed E-state index contributed by atoms with van der Waals surface area (Å²) in [6, 6.07) is 14.1. The molecular weight excluding hydrogens is 404 g/mol. The number of nitriles is 1. The number of nitrogens with zero attached hydrogens (tertiary/aromatic N) is 2. The van der Waals surface area contributed by atoms with Gasteiger partial charge in [0.2, 0.25) is 0 Å². The fourth-order valence-electron chi connectivity index (χ4n) is 3.63. The highest BCUT2D eigenvalue weighted by atomic mass is 16.5. The van der Waals surface area contributed by atoms with Gasteiger partial charge in [0.15, 0.2) is 0 Å². The maximum absolute atomic E-state index is 12.6. The molecule has 0 aliphatic carbocycles. The maximum atomic E-state index is 12.6. The second kappa shape index (κ2) is 10.6. The molecule has 3 rings (SSSR count). The van der Waals surface area contributed by atoms with Crippen LogP contribution < -0.4 is 10.6 Å². The normalized spacial score (nSPS) is 15.7. The zero-order chi connectivity index (χ0) is 23.1. The summed E-state index contributed by atoms with van der Waals surface area (Å²) in [5.41, 5.74) is 1.74. The Labute approximate surface area is 189 Å². The van der Waals surface area contributed by atoms with Crippen molar-refractivity contribution in [2.24, 2.45) is 0 Å². The lowest BCUT2D eigenvalue weighted by atomic mass is 9.97. The van der Waals surface area contributed by atoms with Gasteiger partial charge in [0, 0.05) is 31.9 Å². The number of aliphatic hydroxyl groups is 1. The first kappa shape index (κ1) is 23.7. The van der Waals surface area contributed by atoms with Crippen molar-refractivity contribution in [3.8, 4) is 6.07 Å². The van der Waals surface area contributed by atoms with Crippen LogP contribution in [-0.4, -0.2) is 67.5 Å². The first-order valence-electron chi connectivity index (χ1n) is 11.0. The van der Waals surface area contributed by atoms with E-state index in [1.165, 1.54) is 0 Å².